The number of methoxy groups -OCH3 is 1. The number of likely N-dealkylation sites (tertiary alicyclic amines) is 1. The molecule has 0 spiro atoms. The van der Waals surface area contributed by atoms with Gasteiger partial charge in [0.1, 0.15) is 11.3 Å². The Morgan fingerprint density at radius 3 is 2.50 bits per heavy atom. The van der Waals surface area contributed by atoms with Crippen LogP contribution in [0.4, 0.5) is 4.79 Å². The van der Waals surface area contributed by atoms with Gasteiger partial charge in [-0.05, 0) is 62.7 Å². The van der Waals surface area contributed by atoms with Crippen molar-refractivity contribution in [2.45, 2.75) is 36.2 Å². The Bertz CT molecular complexity index is 1060. The molecule has 4 amide bonds. The van der Waals surface area contributed by atoms with Crippen LogP contribution >= 0.6 is 11.8 Å². The predicted octanol–water partition coefficient (Wildman–Crippen LogP) is 2.95. The molecule has 2 aliphatic rings. The first-order chi connectivity index (χ1) is 16.4. The highest BCUT2D eigenvalue weighted by Gasteiger charge is 2.42. The van der Waals surface area contributed by atoms with Crippen LogP contribution in [-0.2, 0) is 4.79 Å². The van der Waals surface area contributed by atoms with Crippen molar-refractivity contribution in [2.24, 2.45) is 0 Å². The van der Waals surface area contributed by atoms with E-state index in [1.54, 1.807) is 20.1 Å². The van der Waals surface area contributed by atoms with E-state index in [1.165, 1.54) is 11.8 Å². The number of amides is 4. The average Bonchev–Trinajstić information content (AvgIpc) is 3.46. The molecule has 9 heteroatoms. The summed E-state index contributed by atoms with van der Waals surface area (Å²) in [4.78, 5) is 40.0. The van der Waals surface area contributed by atoms with Crippen molar-refractivity contribution in [3.05, 3.63) is 59.7 Å². The number of carbonyl (C=O) groups excluding carboxylic acids is 3. The molecule has 2 fully saturated rings. The van der Waals surface area contributed by atoms with Crippen molar-refractivity contribution >= 4 is 29.6 Å². The maximum Gasteiger partial charge on any atom is 0.322 e. The van der Waals surface area contributed by atoms with E-state index >= 15 is 0 Å². The van der Waals surface area contributed by atoms with Gasteiger partial charge in [0.05, 0.1) is 18.7 Å². The van der Waals surface area contributed by atoms with E-state index in [-0.39, 0.29) is 17.9 Å². The Hall–Kier alpha value is -3.04. The monoisotopic (exact) mass is 482 g/mol. The van der Waals surface area contributed by atoms with Gasteiger partial charge in [0, 0.05) is 17.2 Å². The predicted molar refractivity (Wildman–Crippen MR) is 131 cm³/mol. The SMILES string of the molecule is COc1ccc(C(CNC(=O)c2ccccc2SCC2(C)NC(=O)NC2=O)N2CCCC2)cc1. The number of benzene rings is 2. The maximum absolute atomic E-state index is 13.2. The lowest BCUT2D eigenvalue weighted by Crippen LogP contribution is -2.46. The molecule has 0 radical (unpaired) electrons. The summed E-state index contributed by atoms with van der Waals surface area (Å²) < 4.78 is 5.29. The largest absolute Gasteiger partial charge is 0.497 e. The van der Waals surface area contributed by atoms with Crippen LogP contribution in [-0.4, -0.2) is 60.8 Å². The van der Waals surface area contributed by atoms with E-state index < -0.39 is 11.6 Å². The zero-order valence-electron chi connectivity index (χ0n) is 19.4. The summed E-state index contributed by atoms with van der Waals surface area (Å²) in [5.74, 6) is 0.599. The number of hydrogen-bond donors (Lipinski definition) is 3. The molecule has 2 aliphatic heterocycles. The molecule has 2 saturated heterocycles. The summed E-state index contributed by atoms with van der Waals surface area (Å²) in [6.45, 7) is 4.18. The third kappa shape index (κ3) is 5.37. The number of imide groups is 1. The first-order valence-electron chi connectivity index (χ1n) is 11.4. The van der Waals surface area contributed by atoms with Crippen LogP contribution in [0.3, 0.4) is 0 Å². The van der Waals surface area contributed by atoms with Crippen LogP contribution in [0.5, 0.6) is 5.75 Å². The second-order valence-corrected chi connectivity index (χ2v) is 9.78. The van der Waals surface area contributed by atoms with Crippen LogP contribution in [0.15, 0.2) is 53.4 Å². The third-order valence-corrected chi connectivity index (χ3v) is 7.69. The van der Waals surface area contributed by atoms with Crippen LogP contribution in [0, 0.1) is 0 Å². The minimum absolute atomic E-state index is 0.0773. The summed E-state index contributed by atoms with van der Waals surface area (Å²) >= 11 is 1.38. The lowest BCUT2D eigenvalue weighted by molar-refractivity contribution is -0.122. The molecule has 0 saturated carbocycles. The molecular weight excluding hydrogens is 452 g/mol. The number of carbonyl (C=O) groups is 3. The van der Waals surface area contributed by atoms with E-state index in [1.807, 2.05) is 30.3 Å². The molecule has 2 aromatic carbocycles. The van der Waals surface area contributed by atoms with Crippen LogP contribution < -0.4 is 20.7 Å². The summed E-state index contributed by atoms with van der Waals surface area (Å²) in [5.41, 5.74) is 0.679. The molecular formula is C25H30N4O4S. The number of rotatable bonds is 9. The highest BCUT2D eigenvalue weighted by atomic mass is 32.2. The molecule has 8 nitrogen and oxygen atoms in total. The molecule has 2 atom stereocenters. The minimum Gasteiger partial charge on any atom is -0.497 e. The van der Waals surface area contributed by atoms with Crippen LogP contribution in [0.2, 0.25) is 0 Å². The minimum atomic E-state index is -1.01. The van der Waals surface area contributed by atoms with E-state index in [0.29, 0.717) is 17.9 Å². The second kappa shape index (κ2) is 10.5. The fourth-order valence-electron chi connectivity index (χ4n) is 4.31. The van der Waals surface area contributed by atoms with Gasteiger partial charge in [-0.1, -0.05) is 24.3 Å². The molecule has 0 bridgehead atoms. The summed E-state index contributed by atoms with van der Waals surface area (Å²) in [7, 11) is 1.65. The van der Waals surface area contributed by atoms with Gasteiger partial charge in [-0.25, -0.2) is 4.79 Å². The first kappa shape index (κ1) is 24.1. The lowest BCUT2D eigenvalue weighted by Gasteiger charge is -2.28. The lowest BCUT2D eigenvalue weighted by atomic mass is 10.0. The molecule has 3 N–H and O–H groups in total. The fourth-order valence-corrected chi connectivity index (χ4v) is 5.44. The van der Waals surface area contributed by atoms with Gasteiger partial charge in [-0.3, -0.25) is 19.8 Å². The zero-order chi connectivity index (χ0) is 24.1. The van der Waals surface area contributed by atoms with Gasteiger partial charge >= 0.3 is 6.03 Å². The normalized spacial score (nSPS) is 21.1. The van der Waals surface area contributed by atoms with Crippen molar-refractivity contribution < 1.29 is 19.1 Å². The molecule has 0 aromatic heterocycles. The highest BCUT2D eigenvalue weighted by Crippen LogP contribution is 2.29. The van der Waals surface area contributed by atoms with Crippen LogP contribution in [0.1, 0.15) is 41.7 Å². The Kier molecular flexibility index (Phi) is 7.43. The highest BCUT2D eigenvalue weighted by molar-refractivity contribution is 7.99. The van der Waals surface area contributed by atoms with Crippen LogP contribution in [0.25, 0.3) is 0 Å². The molecule has 34 heavy (non-hydrogen) atoms. The second-order valence-electron chi connectivity index (χ2n) is 8.77. The number of thioether (sulfide) groups is 1. The topological polar surface area (TPSA) is 99.8 Å². The van der Waals surface area contributed by atoms with E-state index in [9.17, 15) is 14.4 Å². The average molecular weight is 483 g/mol. The van der Waals surface area contributed by atoms with Crippen molar-refractivity contribution in [3.63, 3.8) is 0 Å². The van der Waals surface area contributed by atoms with Gasteiger partial charge in [0.15, 0.2) is 0 Å². The van der Waals surface area contributed by atoms with Gasteiger partial charge in [-0.2, -0.15) is 0 Å². The Morgan fingerprint density at radius 1 is 1.15 bits per heavy atom. The quantitative estimate of drug-likeness (QED) is 0.375. The number of hydrogen-bond acceptors (Lipinski definition) is 6. The maximum atomic E-state index is 13.2. The molecule has 4 rings (SSSR count). The Morgan fingerprint density at radius 2 is 1.85 bits per heavy atom. The molecule has 2 unspecified atom stereocenters. The smallest absolute Gasteiger partial charge is 0.322 e. The first-order valence-corrected chi connectivity index (χ1v) is 12.4. The number of urea groups is 1. The van der Waals surface area contributed by atoms with Crippen molar-refractivity contribution in [2.75, 3.05) is 32.5 Å². The zero-order valence-corrected chi connectivity index (χ0v) is 20.2. The Balaban J connectivity index is 1.45. The number of nitrogens with zero attached hydrogens (tertiary/aromatic N) is 1. The number of nitrogens with one attached hydrogen (secondary N) is 3. The van der Waals surface area contributed by atoms with Gasteiger partial charge in [0.25, 0.3) is 11.8 Å². The van der Waals surface area contributed by atoms with Gasteiger partial charge in [0.2, 0.25) is 0 Å². The summed E-state index contributed by atoms with van der Waals surface area (Å²) in [6.07, 6.45) is 2.31. The molecule has 0 aliphatic carbocycles. The van der Waals surface area contributed by atoms with E-state index in [2.05, 4.69) is 33.0 Å². The molecule has 180 valence electrons. The van der Waals surface area contributed by atoms with E-state index in [4.69, 9.17) is 4.74 Å². The third-order valence-electron chi connectivity index (χ3n) is 6.30. The number of ether oxygens (including phenoxy) is 1. The van der Waals surface area contributed by atoms with Crippen molar-refractivity contribution in [3.8, 4) is 5.75 Å². The fraction of sp³-hybridized carbons (Fsp3) is 0.400. The molecule has 2 aromatic rings. The van der Waals surface area contributed by atoms with Crippen molar-refractivity contribution in [1.82, 2.24) is 20.9 Å². The van der Waals surface area contributed by atoms with Gasteiger partial charge in [-0.15, -0.1) is 11.8 Å². The van der Waals surface area contributed by atoms with Crippen molar-refractivity contribution in [1.29, 1.82) is 0 Å². The standard InChI is InChI=1S/C25H30N4O4S/c1-25(23(31)27-24(32)28-25)16-34-21-8-4-3-7-19(21)22(30)26-15-20(29-13-5-6-14-29)17-9-11-18(33-2)12-10-17/h3-4,7-12,20H,5-6,13-16H2,1-2H3,(H,26,30)(H2,27,28,31,32). The summed E-state index contributed by atoms with van der Waals surface area (Å²) in [6, 6.07) is 14.9. The molecule has 2 heterocycles. The Labute approximate surface area is 203 Å². The van der Waals surface area contributed by atoms with E-state index in [0.717, 1.165) is 42.1 Å². The van der Waals surface area contributed by atoms with Gasteiger partial charge < -0.3 is 15.4 Å². The summed E-state index contributed by atoms with van der Waals surface area (Å²) in [5, 5.41) is 8.05.